The van der Waals surface area contributed by atoms with Crippen LogP contribution in [0.3, 0.4) is 0 Å². The molecule has 0 aromatic carbocycles. The van der Waals surface area contributed by atoms with E-state index in [1.165, 1.54) is 0 Å². The number of anilines is 1. The Morgan fingerprint density at radius 2 is 2.38 bits per heavy atom. The van der Waals surface area contributed by atoms with Crippen LogP contribution in [-0.4, -0.2) is 15.2 Å². The van der Waals surface area contributed by atoms with E-state index < -0.39 is 0 Å². The summed E-state index contributed by atoms with van der Waals surface area (Å²) in [6.07, 6.45) is 3.56. The molecule has 2 rings (SSSR count). The third-order valence-corrected chi connectivity index (χ3v) is 2.11. The average molecular weight is 213 g/mol. The highest BCUT2D eigenvalue weighted by Crippen LogP contribution is 2.10. The van der Waals surface area contributed by atoms with Gasteiger partial charge in [0, 0.05) is 24.0 Å². The molecule has 0 radical (unpaired) electrons. The Hall–Kier alpha value is -2.35. The van der Waals surface area contributed by atoms with Crippen molar-refractivity contribution in [3.05, 3.63) is 41.3 Å². The van der Waals surface area contributed by atoms with Crippen molar-refractivity contribution in [1.29, 1.82) is 5.26 Å². The molecular weight excluding hydrogens is 202 g/mol. The number of hydrogen-bond donors (Lipinski definition) is 2. The van der Waals surface area contributed by atoms with Gasteiger partial charge in [-0.1, -0.05) is 0 Å². The molecule has 16 heavy (non-hydrogen) atoms. The minimum atomic E-state index is 0.613. The number of nitrogens with one attached hydrogen (secondary N) is 2. The van der Waals surface area contributed by atoms with Crippen LogP contribution < -0.4 is 5.32 Å². The highest BCUT2D eigenvalue weighted by Gasteiger charge is 2.00. The maximum absolute atomic E-state index is 8.82. The Kier molecular flexibility index (Phi) is 2.83. The van der Waals surface area contributed by atoms with Gasteiger partial charge in [-0.15, -0.1) is 0 Å². The molecule has 0 spiro atoms. The summed E-state index contributed by atoms with van der Waals surface area (Å²) in [5.74, 6) is 0.706. The van der Waals surface area contributed by atoms with E-state index in [0.717, 1.165) is 11.3 Å². The number of pyridine rings is 1. The maximum Gasteiger partial charge on any atom is 0.127 e. The quantitative estimate of drug-likeness (QED) is 0.811. The molecule has 80 valence electrons. The Labute approximate surface area is 93.1 Å². The fourth-order valence-electron chi connectivity index (χ4n) is 1.39. The zero-order valence-corrected chi connectivity index (χ0v) is 8.86. The number of aromatic nitrogens is 3. The number of aryl methyl sites for hydroxylation is 1. The summed E-state index contributed by atoms with van der Waals surface area (Å²) < 4.78 is 0. The van der Waals surface area contributed by atoms with Gasteiger partial charge in [0.25, 0.3) is 0 Å². The lowest BCUT2D eigenvalue weighted by Crippen LogP contribution is -2.01. The molecule has 0 aliphatic heterocycles. The summed E-state index contributed by atoms with van der Waals surface area (Å²) in [4.78, 5) is 4.29. The minimum Gasteiger partial charge on any atom is -0.366 e. The smallest absolute Gasteiger partial charge is 0.127 e. The van der Waals surface area contributed by atoms with Crippen LogP contribution in [-0.2, 0) is 6.54 Å². The van der Waals surface area contributed by atoms with Crippen LogP contribution >= 0.6 is 0 Å². The summed E-state index contributed by atoms with van der Waals surface area (Å²) >= 11 is 0. The second-order valence-corrected chi connectivity index (χ2v) is 3.45. The van der Waals surface area contributed by atoms with Gasteiger partial charge in [-0.2, -0.15) is 10.4 Å². The largest absolute Gasteiger partial charge is 0.366 e. The van der Waals surface area contributed by atoms with Crippen molar-refractivity contribution in [2.45, 2.75) is 13.5 Å². The lowest BCUT2D eigenvalue weighted by Gasteiger charge is -2.05. The number of aromatic amines is 1. The van der Waals surface area contributed by atoms with Gasteiger partial charge in [-0.05, 0) is 19.1 Å². The van der Waals surface area contributed by atoms with Crippen LogP contribution in [0, 0.1) is 18.3 Å². The molecule has 5 nitrogen and oxygen atoms in total. The predicted molar refractivity (Wildman–Crippen MR) is 59.6 cm³/mol. The summed E-state index contributed by atoms with van der Waals surface area (Å²) in [5, 5.41) is 18.5. The predicted octanol–water partition coefficient (Wildman–Crippen LogP) is 1.60. The summed E-state index contributed by atoms with van der Waals surface area (Å²) in [7, 11) is 0. The van der Waals surface area contributed by atoms with Gasteiger partial charge in [-0.25, -0.2) is 4.98 Å². The Morgan fingerprint density at radius 3 is 3.06 bits per heavy atom. The molecule has 2 N–H and O–H groups in total. The fourth-order valence-corrected chi connectivity index (χ4v) is 1.39. The van der Waals surface area contributed by atoms with E-state index in [0.29, 0.717) is 17.9 Å². The Morgan fingerprint density at radius 1 is 1.50 bits per heavy atom. The molecule has 0 atom stereocenters. The molecular formula is C11H11N5. The number of rotatable bonds is 3. The van der Waals surface area contributed by atoms with Gasteiger partial charge in [0.2, 0.25) is 0 Å². The third-order valence-electron chi connectivity index (χ3n) is 2.11. The second kappa shape index (κ2) is 4.45. The van der Waals surface area contributed by atoms with Crippen LogP contribution in [0.15, 0.2) is 24.5 Å². The zero-order valence-electron chi connectivity index (χ0n) is 8.86. The summed E-state index contributed by atoms with van der Waals surface area (Å²) in [6.45, 7) is 2.50. The first-order valence-corrected chi connectivity index (χ1v) is 4.88. The molecule has 0 amide bonds. The van der Waals surface area contributed by atoms with Crippen molar-refractivity contribution in [3.63, 3.8) is 0 Å². The number of hydrogen-bond acceptors (Lipinski definition) is 4. The van der Waals surface area contributed by atoms with E-state index in [9.17, 15) is 0 Å². The van der Waals surface area contributed by atoms with Crippen LogP contribution in [0.4, 0.5) is 5.82 Å². The van der Waals surface area contributed by atoms with Crippen LogP contribution in [0.5, 0.6) is 0 Å². The lowest BCUT2D eigenvalue weighted by atomic mass is 10.2. The maximum atomic E-state index is 8.82. The number of nitriles is 1. The van der Waals surface area contributed by atoms with Crippen molar-refractivity contribution >= 4 is 5.82 Å². The first-order chi connectivity index (χ1) is 7.78. The summed E-state index contributed by atoms with van der Waals surface area (Å²) in [5.41, 5.74) is 2.48. The monoisotopic (exact) mass is 213 g/mol. The first kappa shape index (κ1) is 10.2. The standard InChI is InChI=1S/C11H11N5/c1-8-2-9(4-12)3-11(16-8)13-5-10-6-14-15-7-10/h2-3,6-7H,5H2,1H3,(H,13,16)(H,14,15). The lowest BCUT2D eigenvalue weighted by molar-refractivity contribution is 1.09. The molecule has 0 saturated heterocycles. The van der Waals surface area contributed by atoms with Gasteiger partial charge in [-0.3, -0.25) is 5.10 Å². The molecule has 0 aliphatic rings. The topological polar surface area (TPSA) is 77.4 Å². The van der Waals surface area contributed by atoms with Crippen molar-refractivity contribution in [1.82, 2.24) is 15.2 Å². The van der Waals surface area contributed by atoms with E-state index >= 15 is 0 Å². The molecule has 0 unspecified atom stereocenters. The fraction of sp³-hybridized carbons (Fsp3) is 0.182. The second-order valence-electron chi connectivity index (χ2n) is 3.45. The Bertz CT molecular complexity index is 510. The highest BCUT2D eigenvalue weighted by molar-refractivity contribution is 5.44. The van der Waals surface area contributed by atoms with Crippen LogP contribution in [0.1, 0.15) is 16.8 Å². The zero-order chi connectivity index (χ0) is 11.4. The van der Waals surface area contributed by atoms with E-state index in [1.807, 2.05) is 13.1 Å². The molecule has 2 aromatic heterocycles. The van der Waals surface area contributed by atoms with Crippen LogP contribution in [0.25, 0.3) is 0 Å². The molecule has 5 heteroatoms. The van der Waals surface area contributed by atoms with Crippen molar-refractivity contribution < 1.29 is 0 Å². The Balaban J connectivity index is 2.10. The van der Waals surface area contributed by atoms with Gasteiger partial charge < -0.3 is 5.32 Å². The van der Waals surface area contributed by atoms with Crippen molar-refractivity contribution in [3.8, 4) is 6.07 Å². The molecule has 2 heterocycles. The number of H-pyrrole nitrogens is 1. The molecule has 0 bridgehead atoms. The van der Waals surface area contributed by atoms with Gasteiger partial charge >= 0.3 is 0 Å². The van der Waals surface area contributed by atoms with E-state index in [2.05, 4.69) is 26.6 Å². The van der Waals surface area contributed by atoms with Gasteiger partial charge in [0.1, 0.15) is 5.82 Å². The SMILES string of the molecule is Cc1cc(C#N)cc(NCc2cn[nH]c2)n1. The average Bonchev–Trinajstić information content (AvgIpc) is 2.78. The number of nitrogens with zero attached hydrogens (tertiary/aromatic N) is 3. The van der Waals surface area contributed by atoms with E-state index in [1.54, 1.807) is 18.3 Å². The van der Waals surface area contributed by atoms with Crippen molar-refractivity contribution in [2.24, 2.45) is 0 Å². The van der Waals surface area contributed by atoms with Crippen LogP contribution in [0.2, 0.25) is 0 Å². The minimum absolute atomic E-state index is 0.613. The van der Waals surface area contributed by atoms with Gasteiger partial charge in [0.15, 0.2) is 0 Å². The molecule has 0 fully saturated rings. The highest BCUT2D eigenvalue weighted by atomic mass is 15.1. The molecule has 0 saturated carbocycles. The van der Waals surface area contributed by atoms with Crippen molar-refractivity contribution in [2.75, 3.05) is 5.32 Å². The van der Waals surface area contributed by atoms with E-state index in [4.69, 9.17) is 5.26 Å². The normalized spacial score (nSPS) is 9.75. The molecule has 0 aliphatic carbocycles. The summed E-state index contributed by atoms with van der Waals surface area (Å²) in [6, 6.07) is 5.59. The molecule has 2 aromatic rings. The first-order valence-electron chi connectivity index (χ1n) is 4.88. The van der Waals surface area contributed by atoms with Gasteiger partial charge in [0.05, 0.1) is 17.8 Å². The third kappa shape index (κ3) is 2.36. The van der Waals surface area contributed by atoms with E-state index in [-0.39, 0.29) is 0 Å².